The van der Waals surface area contributed by atoms with E-state index in [0.29, 0.717) is 12.0 Å². The van der Waals surface area contributed by atoms with Crippen LogP contribution >= 0.6 is 0 Å². The first-order chi connectivity index (χ1) is 13.0. The predicted molar refractivity (Wildman–Crippen MR) is 101 cm³/mol. The first kappa shape index (κ1) is 19.2. The Morgan fingerprint density at radius 3 is 2.54 bits per heavy atom. The minimum Gasteiger partial charge on any atom is -0.458 e. The maximum Gasteiger partial charge on any atom is 0.343 e. The molecule has 0 amide bonds. The van der Waals surface area contributed by atoms with Crippen molar-refractivity contribution >= 4 is 11.9 Å². The highest BCUT2D eigenvalue weighted by Crippen LogP contribution is 2.62. The van der Waals surface area contributed by atoms with Gasteiger partial charge in [0, 0.05) is 0 Å². The van der Waals surface area contributed by atoms with Gasteiger partial charge < -0.3 is 19.3 Å². The molecule has 0 unspecified atom stereocenters. The van der Waals surface area contributed by atoms with E-state index in [-0.39, 0.29) is 6.42 Å². The average Bonchev–Trinajstić information content (AvgIpc) is 2.80. The van der Waals surface area contributed by atoms with Gasteiger partial charge in [-0.1, -0.05) is 24.3 Å². The van der Waals surface area contributed by atoms with Gasteiger partial charge >= 0.3 is 11.9 Å². The second kappa shape index (κ2) is 5.91. The second-order valence-corrected chi connectivity index (χ2v) is 8.93. The molecule has 5 atom stereocenters. The van der Waals surface area contributed by atoms with E-state index in [1.807, 2.05) is 32.9 Å². The zero-order valence-corrected chi connectivity index (χ0v) is 16.6. The molecule has 2 fully saturated rings. The third-order valence-electron chi connectivity index (χ3n) is 6.54. The largest absolute Gasteiger partial charge is 0.458 e. The van der Waals surface area contributed by atoms with Crippen LogP contribution in [0.25, 0.3) is 0 Å². The number of esters is 2. The molecule has 0 aromatic heterocycles. The third-order valence-corrected chi connectivity index (χ3v) is 6.54. The normalized spacial score (nSPS) is 41.0. The van der Waals surface area contributed by atoms with E-state index in [1.165, 1.54) is 0 Å². The topological polar surface area (TPSA) is 82.1 Å². The summed E-state index contributed by atoms with van der Waals surface area (Å²) in [5.41, 5.74) is -4.53. The zero-order chi connectivity index (χ0) is 20.4. The lowest BCUT2D eigenvalue weighted by Gasteiger charge is -2.56. The van der Waals surface area contributed by atoms with Gasteiger partial charge in [-0.25, -0.2) is 9.59 Å². The maximum atomic E-state index is 13.1. The molecule has 6 heteroatoms. The SMILES string of the molecule is CC1(C)C=C[C@H]2OC(=O)[C@@]3(O1)[C@@]2(C)[C@@H](OC(=O)c1ccccc1)CC[C@]3(C)O. The maximum absolute atomic E-state index is 13.1. The van der Waals surface area contributed by atoms with Crippen molar-refractivity contribution < 1.29 is 28.9 Å². The molecule has 1 aromatic rings. The quantitative estimate of drug-likeness (QED) is 0.622. The highest BCUT2D eigenvalue weighted by molar-refractivity contribution is 5.90. The van der Waals surface area contributed by atoms with Gasteiger partial charge in [0.2, 0.25) is 5.60 Å². The summed E-state index contributed by atoms with van der Waals surface area (Å²) in [5, 5.41) is 11.3. The molecule has 6 nitrogen and oxygen atoms in total. The fraction of sp³-hybridized carbons (Fsp3) is 0.545. The molecule has 1 saturated carbocycles. The van der Waals surface area contributed by atoms with Crippen LogP contribution in [0, 0.1) is 5.41 Å². The van der Waals surface area contributed by atoms with E-state index in [1.54, 1.807) is 37.3 Å². The molecular weight excluding hydrogens is 360 g/mol. The molecule has 1 N–H and O–H groups in total. The Balaban J connectivity index is 1.79. The van der Waals surface area contributed by atoms with Crippen LogP contribution in [0.2, 0.25) is 0 Å². The minimum absolute atomic E-state index is 0.243. The first-order valence-electron chi connectivity index (χ1n) is 9.62. The molecule has 28 heavy (non-hydrogen) atoms. The summed E-state index contributed by atoms with van der Waals surface area (Å²) >= 11 is 0. The van der Waals surface area contributed by atoms with E-state index in [9.17, 15) is 14.7 Å². The van der Waals surface area contributed by atoms with Crippen LogP contribution in [0.4, 0.5) is 0 Å². The molecule has 3 aliphatic rings. The number of ether oxygens (including phenoxy) is 3. The molecule has 0 radical (unpaired) electrons. The Morgan fingerprint density at radius 1 is 1.18 bits per heavy atom. The summed E-state index contributed by atoms with van der Waals surface area (Å²) in [5.74, 6) is -1.08. The van der Waals surface area contributed by atoms with Crippen molar-refractivity contribution in [2.75, 3.05) is 0 Å². The van der Waals surface area contributed by atoms with Crippen LogP contribution in [-0.2, 0) is 19.0 Å². The van der Waals surface area contributed by atoms with Crippen molar-refractivity contribution in [1.82, 2.24) is 0 Å². The van der Waals surface area contributed by atoms with Gasteiger partial charge in [-0.2, -0.15) is 0 Å². The molecule has 1 aromatic carbocycles. The molecule has 1 saturated heterocycles. The highest BCUT2D eigenvalue weighted by Gasteiger charge is 2.79. The smallest absolute Gasteiger partial charge is 0.343 e. The van der Waals surface area contributed by atoms with E-state index in [0.717, 1.165) is 0 Å². The number of aliphatic hydroxyl groups is 1. The molecule has 1 aliphatic carbocycles. The number of carbonyl (C=O) groups is 2. The Kier molecular flexibility index (Phi) is 4.04. The van der Waals surface area contributed by atoms with Gasteiger partial charge in [-0.3, -0.25) is 0 Å². The Hall–Kier alpha value is -2.18. The molecule has 0 spiro atoms. The third kappa shape index (κ3) is 2.40. The van der Waals surface area contributed by atoms with Crippen LogP contribution in [0.3, 0.4) is 0 Å². The molecular formula is C22H26O6. The van der Waals surface area contributed by atoms with Crippen LogP contribution in [0.5, 0.6) is 0 Å². The first-order valence-corrected chi connectivity index (χ1v) is 9.62. The van der Waals surface area contributed by atoms with Crippen molar-refractivity contribution in [2.45, 2.75) is 69.5 Å². The monoisotopic (exact) mass is 386 g/mol. The Bertz CT molecular complexity index is 842. The summed E-state index contributed by atoms with van der Waals surface area (Å²) in [7, 11) is 0. The summed E-state index contributed by atoms with van der Waals surface area (Å²) in [6.45, 7) is 7.08. The highest BCUT2D eigenvalue weighted by atomic mass is 16.6. The number of hydrogen-bond donors (Lipinski definition) is 1. The summed E-state index contributed by atoms with van der Waals surface area (Å²) in [6.07, 6.45) is 2.94. The van der Waals surface area contributed by atoms with Crippen molar-refractivity contribution in [3.8, 4) is 0 Å². The van der Waals surface area contributed by atoms with Crippen molar-refractivity contribution in [2.24, 2.45) is 5.41 Å². The van der Waals surface area contributed by atoms with Crippen molar-refractivity contribution in [3.63, 3.8) is 0 Å². The van der Waals surface area contributed by atoms with Crippen LogP contribution < -0.4 is 0 Å². The van der Waals surface area contributed by atoms with Gasteiger partial charge in [0.1, 0.15) is 17.8 Å². The molecule has 150 valence electrons. The molecule has 2 bridgehead atoms. The van der Waals surface area contributed by atoms with Crippen LogP contribution in [0.15, 0.2) is 42.5 Å². The fourth-order valence-corrected chi connectivity index (χ4v) is 5.04. The lowest BCUT2D eigenvalue weighted by atomic mass is 9.55. The summed E-state index contributed by atoms with van der Waals surface area (Å²) < 4.78 is 17.9. The lowest BCUT2D eigenvalue weighted by Crippen LogP contribution is -2.73. The summed E-state index contributed by atoms with van der Waals surface area (Å²) in [6, 6.07) is 8.72. The summed E-state index contributed by atoms with van der Waals surface area (Å²) in [4.78, 5) is 25.8. The van der Waals surface area contributed by atoms with Gasteiger partial charge in [0.25, 0.3) is 0 Å². The van der Waals surface area contributed by atoms with Crippen LogP contribution in [-0.4, -0.2) is 46.1 Å². The van der Waals surface area contributed by atoms with E-state index < -0.39 is 46.4 Å². The van der Waals surface area contributed by atoms with Gasteiger partial charge in [0.05, 0.1) is 16.6 Å². The predicted octanol–water partition coefficient (Wildman–Crippen LogP) is 2.79. The molecule has 2 heterocycles. The zero-order valence-electron chi connectivity index (χ0n) is 16.6. The number of rotatable bonds is 2. The Morgan fingerprint density at radius 2 is 1.86 bits per heavy atom. The van der Waals surface area contributed by atoms with Gasteiger partial charge in [0.15, 0.2) is 0 Å². The minimum atomic E-state index is -1.64. The lowest BCUT2D eigenvalue weighted by molar-refractivity contribution is -0.276. The standard InChI is InChI=1S/C22H26O6/c1-19(2)12-10-16-21(4)15(26-17(23)14-8-6-5-7-9-14)11-13-20(3,25)22(21,28-19)18(24)27-16/h5-10,12,15-16,25H,11,13H2,1-4H3/t15-,16+,20-,21-,22-/m0/s1. The molecule has 4 rings (SSSR count). The molecule has 2 aliphatic heterocycles. The van der Waals surface area contributed by atoms with Crippen molar-refractivity contribution in [3.05, 3.63) is 48.0 Å². The number of carbonyl (C=O) groups excluding carboxylic acids is 2. The fourth-order valence-electron chi connectivity index (χ4n) is 5.04. The van der Waals surface area contributed by atoms with E-state index in [4.69, 9.17) is 14.2 Å². The number of benzene rings is 1. The average molecular weight is 386 g/mol. The van der Waals surface area contributed by atoms with Gasteiger partial charge in [-0.05, 0) is 58.7 Å². The van der Waals surface area contributed by atoms with Gasteiger partial charge in [-0.15, -0.1) is 0 Å². The van der Waals surface area contributed by atoms with E-state index >= 15 is 0 Å². The van der Waals surface area contributed by atoms with E-state index in [2.05, 4.69) is 0 Å². The second-order valence-electron chi connectivity index (χ2n) is 8.93. The van der Waals surface area contributed by atoms with Crippen molar-refractivity contribution in [1.29, 1.82) is 0 Å². The number of hydrogen-bond acceptors (Lipinski definition) is 6. The van der Waals surface area contributed by atoms with Crippen LogP contribution in [0.1, 0.15) is 50.9 Å². The Labute approximate surface area is 164 Å².